The Labute approximate surface area is 187 Å². The van der Waals surface area contributed by atoms with Crippen LogP contribution in [0.5, 0.6) is 0 Å². The summed E-state index contributed by atoms with van der Waals surface area (Å²) in [5, 5.41) is 13.1. The van der Waals surface area contributed by atoms with Crippen LogP contribution in [0.1, 0.15) is 24.2 Å². The molecule has 2 saturated heterocycles. The van der Waals surface area contributed by atoms with E-state index in [1.807, 2.05) is 36.4 Å². The molecule has 32 heavy (non-hydrogen) atoms. The summed E-state index contributed by atoms with van der Waals surface area (Å²) in [5.41, 5.74) is 2.65. The maximum atomic E-state index is 13.5. The molecule has 0 amide bonds. The molecule has 5 rings (SSSR count). The molecule has 0 unspecified atom stereocenters. The number of hydrogen-bond acceptors (Lipinski definition) is 7. The minimum Gasteiger partial charge on any atom is -0.347 e. The fraction of sp³-hybridized carbons (Fsp3) is 0.409. The van der Waals surface area contributed by atoms with E-state index in [0.717, 1.165) is 11.3 Å². The molecule has 168 valence electrons. The summed E-state index contributed by atoms with van der Waals surface area (Å²) in [5.74, 6) is -0.159. The Morgan fingerprint density at radius 2 is 1.62 bits per heavy atom. The Balaban J connectivity index is 1.41. The fourth-order valence-corrected chi connectivity index (χ4v) is 6.20. The summed E-state index contributed by atoms with van der Waals surface area (Å²) >= 11 is 0. The Morgan fingerprint density at radius 1 is 0.938 bits per heavy atom. The first kappa shape index (κ1) is 21.2. The number of sulfonamides is 1. The van der Waals surface area contributed by atoms with Crippen LogP contribution in [0.15, 0.2) is 47.4 Å². The summed E-state index contributed by atoms with van der Waals surface area (Å²) < 4.78 is 41.4. The highest BCUT2D eigenvalue weighted by atomic mass is 32.2. The molecule has 3 aromatic rings. The third kappa shape index (κ3) is 3.62. The number of rotatable bonds is 4. The zero-order chi connectivity index (χ0) is 22.3. The molecule has 0 saturated carbocycles. The van der Waals surface area contributed by atoms with E-state index in [2.05, 4.69) is 15.3 Å². The van der Waals surface area contributed by atoms with Gasteiger partial charge < -0.3 is 9.47 Å². The summed E-state index contributed by atoms with van der Waals surface area (Å²) in [6.07, 6.45) is 1.04. The minimum atomic E-state index is -3.72. The Hall–Kier alpha value is -2.66. The Kier molecular flexibility index (Phi) is 5.32. The smallest absolute Gasteiger partial charge is 0.246 e. The van der Waals surface area contributed by atoms with Crippen LogP contribution in [0, 0.1) is 13.8 Å². The van der Waals surface area contributed by atoms with Gasteiger partial charge in [-0.3, -0.25) is 0 Å². The largest absolute Gasteiger partial charge is 0.347 e. The average Bonchev–Trinajstić information content (AvgIpc) is 3.38. The van der Waals surface area contributed by atoms with Crippen LogP contribution in [0.2, 0.25) is 0 Å². The van der Waals surface area contributed by atoms with Crippen LogP contribution in [0.3, 0.4) is 0 Å². The van der Waals surface area contributed by atoms with Crippen molar-refractivity contribution in [3.8, 4) is 17.1 Å². The topological polar surface area (TPSA) is 99.4 Å². The summed E-state index contributed by atoms with van der Waals surface area (Å²) in [7, 11) is -3.72. The van der Waals surface area contributed by atoms with Crippen LogP contribution >= 0.6 is 0 Å². The van der Waals surface area contributed by atoms with Crippen molar-refractivity contribution < 1.29 is 17.9 Å². The molecule has 4 heterocycles. The number of benzene rings is 1. The monoisotopic (exact) mass is 455 g/mol. The first-order valence-electron chi connectivity index (χ1n) is 10.6. The molecule has 0 N–H and O–H groups in total. The van der Waals surface area contributed by atoms with E-state index in [9.17, 15) is 8.42 Å². The van der Waals surface area contributed by atoms with Crippen molar-refractivity contribution in [3.63, 3.8) is 0 Å². The Bertz CT molecular complexity index is 1210. The number of nitrogens with zero attached hydrogens (tertiary/aromatic N) is 5. The molecule has 2 aliphatic rings. The molecule has 2 aliphatic heterocycles. The van der Waals surface area contributed by atoms with Gasteiger partial charge in [-0.05, 0) is 26.0 Å². The highest BCUT2D eigenvalue weighted by Gasteiger charge is 2.43. The van der Waals surface area contributed by atoms with Crippen LogP contribution in [-0.2, 0) is 19.5 Å². The van der Waals surface area contributed by atoms with Gasteiger partial charge in [-0.25, -0.2) is 13.1 Å². The maximum absolute atomic E-state index is 13.5. The lowest BCUT2D eigenvalue weighted by molar-refractivity contribution is -0.179. The van der Waals surface area contributed by atoms with E-state index in [1.165, 1.54) is 4.31 Å². The van der Waals surface area contributed by atoms with Gasteiger partial charge in [-0.2, -0.15) is 9.40 Å². The molecule has 0 aliphatic carbocycles. The van der Waals surface area contributed by atoms with E-state index in [0.29, 0.717) is 56.4 Å². The van der Waals surface area contributed by atoms with Crippen LogP contribution in [0.4, 0.5) is 0 Å². The van der Waals surface area contributed by atoms with Crippen molar-refractivity contribution in [1.29, 1.82) is 0 Å². The van der Waals surface area contributed by atoms with Gasteiger partial charge in [0.2, 0.25) is 10.0 Å². The Morgan fingerprint density at radius 3 is 2.25 bits per heavy atom. The van der Waals surface area contributed by atoms with E-state index in [4.69, 9.17) is 9.47 Å². The summed E-state index contributed by atoms with van der Waals surface area (Å²) in [6.45, 7) is 5.25. The summed E-state index contributed by atoms with van der Waals surface area (Å²) in [6, 6.07) is 13.4. The first-order chi connectivity index (χ1) is 15.4. The van der Waals surface area contributed by atoms with Gasteiger partial charge in [-0.15, -0.1) is 10.2 Å². The standard InChI is InChI=1S/C22H25N5O4S/c1-16-21(32(28,29)26-12-10-22(11-13-26)30-14-15-31-22)17(2)27(25-16)20-9-8-19(23-24-20)18-6-4-3-5-7-18/h3-9H,10-15H2,1-2H3. The third-order valence-electron chi connectivity index (χ3n) is 6.06. The molecule has 0 radical (unpaired) electrons. The maximum Gasteiger partial charge on any atom is 0.246 e. The van der Waals surface area contributed by atoms with E-state index in [-0.39, 0.29) is 4.90 Å². The highest BCUT2D eigenvalue weighted by Crippen LogP contribution is 2.34. The zero-order valence-corrected chi connectivity index (χ0v) is 18.9. The lowest BCUT2D eigenvalue weighted by Crippen LogP contribution is -2.47. The average molecular weight is 456 g/mol. The van der Waals surface area contributed by atoms with Gasteiger partial charge in [0.15, 0.2) is 11.6 Å². The number of ether oxygens (including phenoxy) is 2. The van der Waals surface area contributed by atoms with Crippen molar-refractivity contribution in [2.75, 3.05) is 26.3 Å². The molecule has 2 aromatic heterocycles. The van der Waals surface area contributed by atoms with Crippen LogP contribution in [-0.4, -0.2) is 64.8 Å². The summed E-state index contributed by atoms with van der Waals surface area (Å²) in [4.78, 5) is 0.218. The first-order valence-corrected chi connectivity index (χ1v) is 12.1. The van der Waals surface area contributed by atoms with Gasteiger partial charge in [0.25, 0.3) is 0 Å². The van der Waals surface area contributed by atoms with Crippen LogP contribution in [0.25, 0.3) is 17.1 Å². The lowest BCUT2D eigenvalue weighted by atomic mass is 10.1. The van der Waals surface area contributed by atoms with E-state index >= 15 is 0 Å². The molecular weight excluding hydrogens is 430 g/mol. The zero-order valence-electron chi connectivity index (χ0n) is 18.1. The van der Waals surface area contributed by atoms with E-state index in [1.54, 1.807) is 24.6 Å². The molecule has 0 atom stereocenters. The van der Waals surface area contributed by atoms with Gasteiger partial charge in [0, 0.05) is 31.5 Å². The van der Waals surface area contributed by atoms with Crippen molar-refractivity contribution >= 4 is 10.0 Å². The second-order valence-electron chi connectivity index (χ2n) is 8.07. The number of aromatic nitrogens is 4. The number of piperidine rings is 1. The molecule has 2 fully saturated rings. The highest BCUT2D eigenvalue weighted by molar-refractivity contribution is 7.89. The van der Waals surface area contributed by atoms with Crippen LogP contribution < -0.4 is 0 Å². The molecule has 9 nitrogen and oxygen atoms in total. The minimum absolute atomic E-state index is 0.218. The number of hydrogen-bond donors (Lipinski definition) is 0. The van der Waals surface area contributed by atoms with Gasteiger partial charge >= 0.3 is 0 Å². The molecule has 0 bridgehead atoms. The van der Waals surface area contributed by atoms with Crippen molar-refractivity contribution in [3.05, 3.63) is 53.9 Å². The normalized spacial score (nSPS) is 18.9. The van der Waals surface area contributed by atoms with Gasteiger partial charge in [0.05, 0.1) is 30.3 Å². The SMILES string of the molecule is Cc1nn(-c2ccc(-c3ccccc3)nn2)c(C)c1S(=O)(=O)N1CCC2(CC1)OCCO2. The second-order valence-corrected chi connectivity index (χ2v) is 9.94. The predicted octanol–water partition coefficient (Wildman–Crippen LogP) is 2.47. The molecule has 1 spiro atoms. The van der Waals surface area contributed by atoms with Gasteiger partial charge in [-0.1, -0.05) is 30.3 Å². The van der Waals surface area contributed by atoms with E-state index < -0.39 is 15.8 Å². The van der Waals surface area contributed by atoms with Crippen molar-refractivity contribution in [2.24, 2.45) is 0 Å². The molecule has 10 heteroatoms. The molecular formula is C22H25N5O4S. The van der Waals surface area contributed by atoms with Gasteiger partial charge in [0.1, 0.15) is 4.90 Å². The lowest BCUT2D eigenvalue weighted by Gasteiger charge is -2.36. The predicted molar refractivity (Wildman–Crippen MR) is 117 cm³/mol. The number of aryl methyl sites for hydroxylation is 1. The third-order valence-corrected chi connectivity index (χ3v) is 8.21. The quantitative estimate of drug-likeness (QED) is 0.596. The van der Waals surface area contributed by atoms with Crippen molar-refractivity contribution in [1.82, 2.24) is 24.3 Å². The second kappa shape index (κ2) is 8.04. The fourth-order valence-electron chi connectivity index (χ4n) is 4.41. The van der Waals surface area contributed by atoms with Crippen molar-refractivity contribution in [2.45, 2.75) is 37.4 Å². The molecule has 1 aromatic carbocycles.